The first-order chi connectivity index (χ1) is 21.6. The Bertz CT molecular complexity index is 1810. The number of aliphatic hydroxyl groups excluding tert-OH is 1. The van der Waals surface area contributed by atoms with E-state index in [2.05, 4.69) is 39.2 Å². The predicted octanol–water partition coefficient (Wildman–Crippen LogP) is 5.23. The molecule has 0 radical (unpaired) electrons. The molecule has 0 aliphatic carbocycles. The summed E-state index contributed by atoms with van der Waals surface area (Å²) in [4.78, 5) is 21.4. The normalized spacial score (nSPS) is 12.5. The molecule has 0 saturated heterocycles. The van der Waals surface area contributed by atoms with E-state index in [1.54, 1.807) is 67.1 Å². The van der Waals surface area contributed by atoms with Gasteiger partial charge in [-0.1, -0.05) is 42.5 Å². The number of nitrogens with zero attached hydrogens (tertiary/aromatic N) is 3. The Morgan fingerprint density at radius 2 is 1.80 bits per heavy atom. The van der Waals surface area contributed by atoms with Gasteiger partial charge in [0.1, 0.15) is 5.01 Å². The van der Waals surface area contributed by atoms with Crippen molar-refractivity contribution in [3.05, 3.63) is 119 Å². The van der Waals surface area contributed by atoms with E-state index in [0.717, 1.165) is 22.7 Å². The molecule has 0 saturated carbocycles. The molecular weight excluding hydrogens is 609 g/mol. The predicted molar refractivity (Wildman–Crippen MR) is 176 cm³/mol. The largest absolute Gasteiger partial charge is 0.387 e. The molecule has 4 N–H and O–H groups in total. The quantitative estimate of drug-likeness (QED) is 0.130. The Kier molecular flexibility index (Phi) is 10.1. The van der Waals surface area contributed by atoms with Gasteiger partial charge in [0, 0.05) is 53.2 Å². The van der Waals surface area contributed by atoms with E-state index in [0.29, 0.717) is 36.4 Å². The molecule has 3 aromatic carbocycles. The number of benzene rings is 3. The Morgan fingerprint density at radius 1 is 1.02 bits per heavy atom. The standard InChI is InChI=1S/C33H36N6O4S2/c1-33(2,37-20-30(40)26-7-6-8-27(19-26)38-45(42,43)28-9-4-3-5-10-28)15-17-39-22-29(36-23-39)24-11-13-25(14-12-24)32(41)35-21-31-34-16-18-44-31/h3-14,16,18-19,22-23,30,37-38,40H,15,17,20-21H2,1-2H3,(H,35,41)/t30-/m0/s1. The molecule has 2 aromatic heterocycles. The van der Waals surface area contributed by atoms with Crippen molar-refractivity contribution in [3.63, 3.8) is 0 Å². The maximum absolute atomic E-state index is 12.7. The third kappa shape index (κ3) is 8.85. The molecular formula is C33H36N6O4S2. The minimum Gasteiger partial charge on any atom is -0.387 e. The van der Waals surface area contributed by atoms with Crippen LogP contribution in [0.3, 0.4) is 0 Å². The SMILES string of the molecule is CC(C)(CCn1cnc(-c2ccc(C(=O)NCc3nccs3)cc2)c1)NC[C@H](O)c1cccc(NS(=O)(=O)c2ccccc2)c1. The van der Waals surface area contributed by atoms with E-state index in [4.69, 9.17) is 0 Å². The average Bonchev–Trinajstić information content (AvgIpc) is 3.75. The van der Waals surface area contributed by atoms with E-state index in [1.165, 1.54) is 23.5 Å². The van der Waals surface area contributed by atoms with Crippen LogP contribution < -0.4 is 15.4 Å². The Balaban J connectivity index is 1.10. The third-order valence-electron chi connectivity index (χ3n) is 7.31. The number of amides is 1. The molecule has 0 spiro atoms. The lowest BCUT2D eigenvalue weighted by molar-refractivity contribution is 0.0951. The number of aryl methyl sites for hydroxylation is 1. The molecule has 12 heteroatoms. The fourth-order valence-electron chi connectivity index (χ4n) is 4.63. The van der Waals surface area contributed by atoms with Crippen LogP contribution in [0.5, 0.6) is 0 Å². The number of aliphatic hydroxyl groups is 1. The number of sulfonamides is 1. The molecule has 0 aliphatic heterocycles. The first-order valence-corrected chi connectivity index (χ1v) is 16.8. The molecule has 0 bridgehead atoms. The minimum atomic E-state index is -3.73. The Hall–Kier alpha value is -4.36. The molecule has 1 atom stereocenters. The Labute approximate surface area is 267 Å². The van der Waals surface area contributed by atoms with E-state index in [1.807, 2.05) is 28.3 Å². The van der Waals surface area contributed by atoms with Gasteiger partial charge in [0.15, 0.2) is 0 Å². The summed E-state index contributed by atoms with van der Waals surface area (Å²) in [5.74, 6) is -0.150. The fraction of sp³-hybridized carbons (Fsp3) is 0.242. The lowest BCUT2D eigenvalue weighted by Gasteiger charge is -2.28. The first-order valence-electron chi connectivity index (χ1n) is 14.5. The summed E-state index contributed by atoms with van der Waals surface area (Å²) in [5.41, 5.74) is 2.99. The highest BCUT2D eigenvalue weighted by molar-refractivity contribution is 7.92. The fourth-order valence-corrected chi connectivity index (χ4v) is 6.26. The van der Waals surface area contributed by atoms with E-state index >= 15 is 0 Å². The van der Waals surface area contributed by atoms with Gasteiger partial charge in [0.2, 0.25) is 0 Å². The third-order valence-corrected chi connectivity index (χ3v) is 9.48. The summed E-state index contributed by atoms with van der Waals surface area (Å²) >= 11 is 1.50. The monoisotopic (exact) mass is 644 g/mol. The first kappa shape index (κ1) is 32.0. The van der Waals surface area contributed by atoms with Crippen LogP contribution in [-0.4, -0.2) is 46.1 Å². The van der Waals surface area contributed by atoms with Crippen LogP contribution in [0.2, 0.25) is 0 Å². The molecule has 1 amide bonds. The van der Waals surface area contributed by atoms with Crippen LogP contribution >= 0.6 is 11.3 Å². The van der Waals surface area contributed by atoms with Gasteiger partial charge in [0.25, 0.3) is 15.9 Å². The van der Waals surface area contributed by atoms with Crippen molar-refractivity contribution in [2.24, 2.45) is 0 Å². The zero-order valence-electron chi connectivity index (χ0n) is 25.1. The Morgan fingerprint density at radius 3 is 2.53 bits per heavy atom. The number of hydrogen-bond donors (Lipinski definition) is 4. The molecule has 0 fully saturated rings. The molecule has 0 unspecified atom stereocenters. The molecule has 0 aliphatic rings. The van der Waals surface area contributed by atoms with E-state index in [9.17, 15) is 18.3 Å². The summed E-state index contributed by atoms with van der Waals surface area (Å²) in [7, 11) is -3.73. The van der Waals surface area contributed by atoms with Gasteiger partial charge in [-0.25, -0.2) is 18.4 Å². The van der Waals surface area contributed by atoms with Crippen LogP contribution in [0.15, 0.2) is 108 Å². The maximum atomic E-state index is 12.7. The van der Waals surface area contributed by atoms with Crippen molar-refractivity contribution in [1.29, 1.82) is 0 Å². The number of carbonyl (C=O) groups is 1. The second-order valence-electron chi connectivity index (χ2n) is 11.3. The van der Waals surface area contributed by atoms with Gasteiger partial charge in [0.05, 0.1) is 29.6 Å². The topological polar surface area (TPSA) is 138 Å². The summed E-state index contributed by atoms with van der Waals surface area (Å²) < 4.78 is 30.0. The highest BCUT2D eigenvalue weighted by atomic mass is 32.2. The lowest BCUT2D eigenvalue weighted by Crippen LogP contribution is -2.42. The number of anilines is 1. The summed E-state index contributed by atoms with van der Waals surface area (Å²) in [6.07, 6.45) is 5.42. The van der Waals surface area contributed by atoms with Gasteiger partial charge in [-0.05, 0) is 62.2 Å². The molecule has 2 heterocycles. The number of nitrogens with one attached hydrogen (secondary N) is 3. The second kappa shape index (κ2) is 14.2. The molecule has 5 rings (SSSR count). The number of thiazole rings is 1. The van der Waals surface area contributed by atoms with Crippen molar-refractivity contribution in [1.82, 2.24) is 25.2 Å². The van der Waals surface area contributed by atoms with Gasteiger partial charge >= 0.3 is 0 Å². The lowest BCUT2D eigenvalue weighted by atomic mass is 9.99. The molecule has 234 valence electrons. The minimum absolute atomic E-state index is 0.150. The van der Waals surface area contributed by atoms with Gasteiger partial charge < -0.3 is 20.3 Å². The number of imidazole rings is 1. The average molecular weight is 645 g/mol. The van der Waals surface area contributed by atoms with Crippen molar-refractivity contribution >= 4 is 33.0 Å². The maximum Gasteiger partial charge on any atom is 0.261 e. The highest BCUT2D eigenvalue weighted by Gasteiger charge is 2.20. The van der Waals surface area contributed by atoms with Crippen LogP contribution in [0.25, 0.3) is 11.3 Å². The number of rotatable bonds is 14. The molecule has 45 heavy (non-hydrogen) atoms. The number of β-amino-alcohol motifs (C(OH)–C–C–N with tert-alkyl or cyclic N) is 1. The van der Waals surface area contributed by atoms with Gasteiger partial charge in [-0.2, -0.15) is 0 Å². The zero-order chi connectivity index (χ0) is 31.9. The number of hydrogen-bond acceptors (Lipinski definition) is 8. The van der Waals surface area contributed by atoms with E-state index in [-0.39, 0.29) is 16.3 Å². The summed E-state index contributed by atoms with van der Waals surface area (Å²) in [6, 6.07) is 22.3. The number of carbonyl (C=O) groups excluding carboxylic acids is 1. The van der Waals surface area contributed by atoms with Crippen LogP contribution in [0.4, 0.5) is 5.69 Å². The smallest absolute Gasteiger partial charge is 0.261 e. The van der Waals surface area contributed by atoms with Crippen molar-refractivity contribution in [2.45, 2.75) is 49.9 Å². The summed E-state index contributed by atoms with van der Waals surface area (Å²) in [5, 5.41) is 19.9. The van der Waals surface area contributed by atoms with Gasteiger partial charge in [-0.15, -0.1) is 11.3 Å². The van der Waals surface area contributed by atoms with Crippen LogP contribution in [0, 0.1) is 0 Å². The molecule has 5 aromatic rings. The van der Waals surface area contributed by atoms with E-state index < -0.39 is 16.1 Å². The van der Waals surface area contributed by atoms with Crippen molar-refractivity contribution < 1.29 is 18.3 Å². The van der Waals surface area contributed by atoms with Crippen LogP contribution in [0.1, 0.15) is 47.3 Å². The van der Waals surface area contributed by atoms with Crippen LogP contribution in [-0.2, 0) is 23.1 Å². The zero-order valence-corrected chi connectivity index (χ0v) is 26.7. The van der Waals surface area contributed by atoms with Gasteiger partial charge in [-0.3, -0.25) is 9.52 Å². The van der Waals surface area contributed by atoms with Crippen molar-refractivity contribution in [3.8, 4) is 11.3 Å². The second-order valence-corrected chi connectivity index (χ2v) is 13.9. The van der Waals surface area contributed by atoms with Crippen molar-refractivity contribution in [2.75, 3.05) is 11.3 Å². The number of aromatic nitrogens is 3. The molecule has 10 nitrogen and oxygen atoms in total. The highest BCUT2D eigenvalue weighted by Crippen LogP contribution is 2.22. The summed E-state index contributed by atoms with van der Waals surface area (Å²) in [6.45, 7) is 5.54.